The number of halogens is 1. The second-order valence-electron chi connectivity index (χ2n) is 6.15. The number of aliphatic hydroxyl groups excluding tert-OH is 1. The number of ether oxygens (including phenoxy) is 3. The number of hydrogen-bond acceptors (Lipinski definition) is 6. The Morgan fingerprint density at radius 3 is 1.81 bits per heavy atom. The van der Waals surface area contributed by atoms with Crippen molar-refractivity contribution in [2.24, 2.45) is 0 Å². The summed E-state index contributed by atoms with van der Waals surface area (Å²) in [5.74, 6) is -1.17. The van der Waals surface area contributed by atoms with Crippen LogP contribution in [0, 0.1) is 0 Å². The zero-order chi connectivity index (χ0) is 19.4. The Morgan fingerprint density at radius 2 is 1.33 bits per heavy atom. The molecule has 6 nitrogen and oxygen atoms in total. The van der Waals surface area contributed by atoms with Gasteiger partial charge in [-0.05, 0) is 31.2 Å². The summed E-state index contributed by atoms with van der Waals surface area (Å²) in [6, 6.07) is 16.9. The number of rotatable bonds is 4. The molecule has 1 fully saturated rings. The third-order valence-corrected chi connectivity index (χ3v) is 5.95. The SMILES string of the molecule is C[C@H]1O[C@@H](O)[C@@H](OC(=O)c2ccccc2)[C@@H](OC(=O)c2ccccc2)[C@H]1I. The van der Waals surface area contributed by atoms with Gasteiger partial charge >= 0.3 is 11.9 Å². The molecular weight excluding hydrogens is 463 g/mol. The molecule has 0 radical (unpaired) electrons. The molecule has 1 aliphatic heterocycles. The molecule has 0 amide bonds. The van der Waals surface area contributed by atoms with Crippen molar-refractivity contribution in [3.63, 3.8) is 0 Å². The molecule has 0 aromatic heterocycles. The molecule has 0 bridgehead atoms. The lowest BCUT2D eigenvalue weighted by Gasteiger charge is -2.40. The maximum absolute atomic E-state index is 12.5. The molecule has 5 atom stereocenters. The molecule has 1 heterocycles. The molecule has 1 saturated heterocycles. The van der Waals surface area contributed by atoms with Crippen LogP contribution in [0.2, 0.25) is 0 Å². The second kappa shape index (κ2) is 8.81. The van der Waals surface area contributed by atoms with Crippen LogP contribution in [0.25, 0.3) is 0 Å². The third kappa shape index (κ3) is 4.66. The van der Waals surface area contributed by atoms with Crippen molar-refractivity contribution < 1.29 is 28.9 Å². The number of hydrogen-bond donors (Lipinski definition) is 1. The van der Waals surface area contributed by atoms with Gasteiger partial charge in [-0.3, -0.25) is 0 Å². The number of alkyl halides is 1. The largest absolute Gasteiger partial charge is 0.453 e. The molecule has 2 aromatic carbocycles. The first kappa shape index (κ1) is 19.8. The Balaban J connectivity index is 1.80. The molecule has 27 heavy (non-hydrogen) atoms. The van der Waals surface area contributed by atoms with Crippen LogP contribution in [0.1, 0.15) is 27.6 Å². The monoisotopic (exact) mass is 482 g/mol. The average Bonchev–Trinajstić information content (AvgIpc) is 2.69. The van der Waals surface area contributed by atoms with Gasteiger partial charge in [0.15, 0.2) is 18.5 Å². The molecule has 142 valence electrons. The van der Waals surface area contributed by atoms with E-state index in [0.717, 1.165) is 0 Å². The highest BCUT2D eigenvalue weighted by molar-refractivity contribution is 14.1. The first-order valence-electron chi connectivity index (χ1n) is 8.47. The molecule has 0 unspecified atom stereocenters. The summed E-state index contributed by atoms with van der Waals surface area (Å²) in [6.07, 6.45) is -3.78. The van der Waals surface area contributed by atoms with Crippen LogP contribution >= 0.6 is 22.6 Å². The molecule has 2 aromatic rings. The first-order valence-corrected chi connectivity index (χ1v) is 9.71. The fourth-order valence-electron chi connectivity index (χ4n) is 2.77. The minimum absolute atomic E-state index is 0.313. The third-order valence-electron chi connectivity index (χ3n) is 4.23. The van der Waals surface area contributed by atoms with Crippen molar-refractivity contribution in [1.82, 2.24) is 0 Å². The smallest absolute Gasteiger partial charge is 0.338 e. The van der Waals surface area contributed by atoms with Crippen LogP contribution in [-0.2, 0) is 14.2 Å². The Labute approximate surface area is 170 Å². The Hall–Kier alpha value is -1.97. The van der Waals surface area contributed by atoms with E-state index in [1.54, 1.807) is 67.6 Å². The van der Waals surface area contributed by atoms with E-state index < -0.39 is 30.4 Å². The summed E-state index contributed by atoms with van der Waals surface area (Å²) in [6.45, 7) is 1.76. The van der Waals surface area contributed by atoms with Gasteiger partial charge in [-0.15, -0.1) is 0 Å². The molecule has 1 N–H and O–H groups in total. The Morgan fingerprint density at radius 1 is 0.889 bits per heavy atom. The van der Waals surface area contributed by atoms with Crippen molar-refractivity contribution in [1.29, 1.82) is 0 Å². The van der Waals surface area contributed by atoms with Gasteiger partial charge in [0.25, 0.3) is 0 Å². The molecule has 0 spiro atoms. The molecule has 0 aliphatic carbocycles. The van der Waals surface area contributed by atoms with E-state index in [1.165, 1.54) is 0 Å². The lowest BCUT2D eigenvalue weighted by molar-refractivity contribution is -0.237. The van der Waals surface area contributed by atoms with Crippen molar-refractivity contribution in [2.75, 3.05) is 0 Å². The topological polar surface area (TPSA) is 82.1 Å². The van der Waals surface area contributed by atoms with Gasteiger partial charge in [0.2, 0.25) is 0 Å². The van der Waals surface area contributed by atoms with Crippen LogP contribution in [-0.4, -0.2) is 45.6 Å². The average molecular weight is 482 g/mol. The van der Waals surface area contributed by atoms with Crippen LogP contribution in [0.15, 0.2) is 60.7 Å². The van der Waals surface area contributed by atoms with Crippen molar-refractivity contribution in [3.8, 4) is 0 Å². The second-order valence-corrected chi connectivity index (χ2v) is 7.59. The summed E-state index contributed by atoms with van der Waals surface area (Å²) in [5.41, 5.74) is 0.712. The van der Waals surface area contributed by atoms with E-state index >= 15 is 0 Å². The van der Waals surface area contributed by atoms with Crippen molar-refractivity contribution in [2.45, 2.75) is 35.5 Å². The van der Waals surface area contributed by atoms with E-state index in [0.29, 0.717) is 11.1 Å². The zero-order valence-electron chi connectivity index (χ0n) is 14.5. The highest BCUT2D eigenvalue weighted by atomic mass is 127. The van der Waals surface area contributed by atoms with Gasteiger partial charge in [0.1, 0.15) is 0 Å². The molecule has 0 saturated carbocycles. The van der Waals surface area contributed by atoms with Gasteiger partial charge < -0.3 is 19.3 Å². The zero-order valence-corrected chi connectivity index (χ0v) is 16.7. The normalized spacial score (nSPS) is 27.6. The number of carbonyl (C=O) groups excluding carboxylic acids is 2. The van der Waals surface area contributed by atoms with Crippen LogP contribution in [0.3, 0.4) is 0 Å². The summed E-state index contributed by atoms with van der Waals surface area (Å²) in [5, 5.41) is 10.3. The molecular formula is C20H19IO6. The quantitative estimate of drug-likeness (QED) is 0.410. The first-order chi connectivity index (χ1) is 13.0. The van der Waals surface area contributed by atoms with Gasteiger partial charge in [0, 0.05) is 0 Å². The standard InChI is InChI=1S/C20H19IO6/c1-12-15(21)16(26-18(22)13-8-4-2-5-9-13)17(20(24)25-12)27-19(23)14-10-6-3-7-11-14/h2-12,15-17,20,24H,1H3/t12-,15+,16+,17+,20-/m1/s1. The fraction of sp³-hybridized carbons (Fsp3) is 0.300. The maximum atomic E-state index is 12.5. The highest BCUT2D eigenvalue weighted by Gasteiger charge is 2.47. The van der Waals surface area contributed by atoms with Gasteiger partial charge in [-0.2, -0.15) is 0 Å². The summed E-state index contributed by atoms with van der Waals surface area (Å²) in [4.78, 5) is 24.9. The predicted octanol–water partition coefficient (Wildman–Crippen LogP) is 2.98. The maximum Gasteiger partial charge on any atom is 0.338 e. The van der Waals surface area contributed by atoms with Crippen molar-refractivity contribution >= 4 is 34.5 Å². The Kier molecular flexibility index (Phi) is 6.46. The van der Waals surface area contributed by atoms with E-state index in [-0.39, 0.29) is 10.0 Å². The van der Waals surface area contributed by atoms with Gasteiger partial charge in [-0.25, -0.2) is 9.59 Å². The lowest BCUT2D eigenvalue weighted by atomic mass is 10.0. The highest BCUT2D eigenvalue weighted by Crippen LogP contribution is 2.31. The molecule has 3 rings (SSSR count). The van der Waals surface area contributed by atoms with Crippen LogP contribution < -0.4 is 0 Å². The van der Waals surface area contributed by atoms with E-state index in [9.17, 15) is 14.7 Å². The number of carbonyl (C=O) groups is 2. The lowest BCUT2D eigenvalue weighted by Crippen LogP contribution is -2.57. The number of benzene rings is 2. The van der Waals surface area contributed by atoms with Gasteiger partial charge in [0.05, 0.1) is 21.2 Å². The summed E-state index contributed by atoms with van der Waals surface area (Å²) >= 11 is 2.08. The van der Waals surface area contributed by atoms with Crippen LogP contribution in [0.4, 0.5) is 0 Å². The predicted molar refractivity (Wildman–Crippen MR) is 106 cm³/mol. The Bertz CT molecular complexity index is 782. The summed E-state index contributed by atoms with van der Waals surface area (Å²) in [7, 11) is 0. The van der Waals surface area contributed by atoms with E-state index in [2.05, 4.69) is 22.6 Å². The van der Waals surface area contributed by atoms with Crippen LogP contribution in [0.5, 0.6) is 0 Å². The van der Waals surface area contributed by atoms with Gasteiger partial charge in [-0.1, -0.05) is 59.0 Å². The van der Waals surface area contributed by atoms with Crippen molar-refractivity contribution in [3.05, 3.63) is 71.8 Å². The van der Waals surface area contributed by atoms with E-state index in [4.69, 9.17) is 14.2 Å². The molecule has 7 heteroatoms. The minimum atomic E-state index is -1.40. The molecule has 1 aliphatic rings. The number of esters is 2. The number of aliphatic hydroxyl groups is 1. The minimum Gasteiger partial charge on any atom is -0.453 e. The summed E-state index contributed by atoms with van der Waals surface area (Å²) < 4.78 is 16.2. The van der Waals surface area contributed by atoms with E-state index in [1.807, 2.05) is 0 Å². The fourth-order valence-corrected chi connectivity index (χ4v) is 3.50.